The van der Waals surface area contributed by atoms with E-state index in [1.54, 1.807) is 0 Å². The van der Waals surface area contributed by atoms with Gasteiger partial charge in [-0.05, 0) is 31.3 Å². The Morgan fingerprint density at radius 1 is 1.13 bits per heavy atom. The van der Waals surface area contributed by atoms with Crippen molar-refractivity contribution in [2.45, 2.75) is 73.3 Å². The van der Waals surface area contributed by atoms with E-state index in [1.807, 2.05) is 13.8 Å². The maximum atomic E-state index is 6.10. The first-order chi connectivity index (χ1) is 11.2. The summed E-state index contributed by atoms with van der Waals surface area (Å²) in [6, 6.07) is 0. The highest BCUT2D eigenvalue weighted by molar-refractivity contribution is 5.08. The molecule has 1 unspecified atom stereocenters. The summed E-state index contributed by atoms with van der Waals surface area (Å²) >= 11 is 0. The molecule has 0 bridgehead atoms. The fourth-order valence-corrected chi connectivity index (χ4v) is 2.88. The van der Waals surface area contributed by atoms with E-state index in [9.17, 15) is 0 Å². The van der Waals surface area contributed by atoms with Crippen LogP contribution in [0.25, 0.3) is 0 Å². The van der Waals surface area contributed by atoms with Crippen molar-refractivity contribution in [2.24, 2.45) is 5.92 Å². The van der Waals surface area contributed by atoms with E-state index < -0.39 is 0 Å². The Kier molecular flexibility index (Phi) is 14.9. The minimum absolute atomic E-state index is 0.256. The molecule has 0 saturated carbocycles. The van der Waals surface area contributed by atoms with Crippen LogP contribution >= 0.6 is 0 Å². The summed E-state index contributed by atoms with van der Waals surface area (Å²) in [5.74, 6) is 0.799. The molecular formula is C20H41NO2. The molecule has 0 amide bonds. The number of nitrogens with zero attached hydrogens (tertiary/aromatic N) is 1. The zero-order chi connectivity index (χ0) is 17.5. The minimum atomic E-state index is 0.256. The van der Waals surface area contributed by atoms with Crippen LogP contribution in [-0.2, 0) is 9.47 Å². The molecular weight excluding hydrogens is 286 g/mol. The Bertz CT molecular complexity index is 281. The summed E-state index contributed by atoms with van der Waals surface area (Å²) in [6.07, 6.45) is 7.45. The van der Waals surface area contributed by atoms with Crippen LogP contribution in [0.2, 0.25) is 0 Å². The smallest absolute Gasteiger partial charge is 0.0757 e. The van der Waals surface area contributed by atoms with Crippen molar-refractivity contribution < 1.29 is 9.47 Å². The number of morpholine rings is 1. The summed E-state index contributed by atoms with van der Waals surface area (Å²) in [5, 5.41) is 0. The summed E-state index contributed by atoms with van der Waals surface area (Å²) in [6.45, 7) is 18.7. The van der Waals surface area contributed by atoms with Crippen LogP contribution in [0.5, 0.6) is 0 Å². The lowest BCUT2D eigenvalue weighted by Gasteiger charge is -2.27. The Balaban J connectivity index is 0.00000232. The molecule has 0 N–H and O–H groups in total. The van der Waals surface area contributed by atoms with Crippen molar-refractivity contribution >= 4 is 0 Å². The fraction of sp³-hybridized carbons (Fsp3) is 0.900. The van der Waals surface area contributed by atoms with Crippen molar-refractivity contribution in [3.8, 4) is 0 Å². The van der Waals surface area contributed by atoms with Crippen molar-refractivity contribution in [1.82, 2.24) is 4.90 Å². The molecule has 138 valence electrons. The maximum Gasteiger partial charge on any atom is 0.0757 e. The predicted octanol–water partition coefficient (Wildman–Crippen LogP) is 4.91. The first kappa shape index (κ1) is 22.6. The lowest BCUT2D eigenvalue weighted by molar-refractivity contribution is 0.0116. The van der Waals surface area contributed by atoms with E-state index in [0.29, 0.717) is 0 Å². The van der Waals surface area contributed by atoms with Gasteiger partial charge in [0.25, 0.3) is 0 Å². The van der Waals surface area contributed by atoms with Gasteiger partial charge in [-0.2, -0.15) is 0 Å². The highest BCUT2D eigenvalue weighted by Crippen LogP contribution is 2.22. The van der Waals surface area contributed by atoms with Gasteiger partial charge in [-0.25, -0.2) is 0 Å². The van der Waals surface area contributed by atoms with E-state index in [2.05, 4.69) is 38.7 Å². The third kappa shape index (κ3) is 10.2. The molecule has 3 heteroatoms. The Morgan fingerprint density at radius 2 is 1.74 bits per heavy atom. The topological polar surface area (TPSA) is 21.7 Å². The molecule has 23 heavy (non-hydrogen) atoms. The van der Waals surface area contributed by atoms with Crippen molar-refractivity contribution in [2.75, 3.05) is 39.5 Å². The maximum absolute atomic E-state index is 6.10. The van der Waals surface area contributed by atoms with Crippen LogP contribution in [-0.4, -0.2) is 50.5 Å². The molecule has 1 saturated heterocycles. The van der Waals surface area contributed by atoms with Gasteiger partial charge in [0.2, 0.25) is 0 Å². The Hall–Kier alpha value is -0.380. The molecule has 0 radical (unpaired) electrons. The fourth-order valence-electron chi connectivity index (χ4n) is 2.88. The second kappa shape index (κ2) is 15.2. The first-order valence-corrected chi connectivity index (χ1v) is 9.81. The first-order valence-electron chi connectivity index (χ1n) is 9.81. The second-order valence-corrected chi connectivity index (χ2v) is 6.04. The van der Waals surface area contributed by atoms with Gasteiger partial charge >= 0.3 is 0 Å². The standard InChI is InChI=1S/C18H35NO2.C2H6/c1-5-8-18(15-17(6-2)7-3)16(4)21-14-11-19-9-12-20-13-10-19;1-2/h8,16-17H,5-7,9-15H2,1-4H3;1-2H3/b18-8+;. The van der Waals surface area contributed by atoms with Gasteiger partial charge in [0.05, 0.1) is 25.9 Å². The van der Waals surface area contributed by atoms with E-state index in [-0.39, 0.29) is 6.10 Å². The van der Waals surface area contributed by atoms with Gasteiger partial charge in [-0.15, -0.1) is 0 Å². The molecule has 0 aromatic carbocycles. The van der Waals surface area contributed by atoms with E-state index in [0.717, 1.165) is 51.8 Å². The van der Waals surface area contributed by atoms with Crippen LogP contribution < -0.4 is 0 Å². The van der Waals surface area contributed by atoms with E-state index in [4.69, 9.17) is 9.47 Å². The zero-order valence-electron chi connectivity index (χ0n) is 16.6. The number of ether oxygens (including phenoxy) is 2. The second-order valence-electron chi connectivity index (χ2n) is 6.04. The molecule has 1 atom stereocenters. The van der Waals surface area contributed by atoms with Crippen LogP contribution in [0.15, 0.2) is 11.6 Å². The number of allylic oxidation sites excluding steroid dienone is 1. The Labute approximate surface area is 145 Å². The SMILES string of the molecule is CC.CC/C=C(\CC(CC)CC)C(C)OCCN1CCOCC1. The lowest BCUT2D eigenvalue weighted by atomic mass is 9.91. The molecule has 1 rings (SSSR count). The van der Waals surface area contributed by atoms with Gasteiger partial charge in [0.1, 0.15) is 0 Å². The molecule has 0 aliphatic carbocycles. The largest absolute Gasteiger partial charge is 0.379 e. The van der Waals surface area contributed by atoms with Crippen LogP contribution in [0.3, 0.4) is 0 Å². The average molecular weight is 328 g/mol. The molecule has 3 nitrogen and oxygen atoms in total. The monoisotopic (exact) mass is 327 g/mol. The average Bonchev–Trinajstić information content (AvgIpc) is 2.61. The third-order valence-electron chi connectivity index (χ3n) is 4.55. The van der Waals surface area contributed by atoms with Crippen molar-refractivity contribution in [3.05, 3.63) is 11.6 Å². The Morgan fingerprint density at radius 3 is 2.26 bits per heavy atom. The highest BCUT2D eigenvalue weighted by Gasteiger charge is 2.15. The van der Waals surface area contributed by atoms with Crippen LogP contribution in [0.1, 0.15) is 67.2 Å². The van der Waals surface area contributed by atoms with Gasteiger partial charge in [0.15, 0.2) is 0 Å². The molecule has 1 heterocycles. The van der Waals surface area contributed by atoms with Gasteiger partial charge in [0, 0.05) is 19.6 Å². The van der Waals surface area contributed by atoms with Gasteiger partial charge in [-0.1, -0.05) is 53.5 Å². The number of hydrogen-bond acceptors (Lipinski definition) is 3. The van der Waals surface area contributed by atoms with Crippen molar-refractivity contribution in [3.63, 3.8) is 0 Å². The molecule has 1 fully saturated rings. The van der Waals surface area contributed by atoms with Crippen molar-refractivity contribution in [1.29, 1.82) is 0 Å². The molecule has 1 aliphatic heterocycles. The lowest BCUT2D eigenvalue weighted by Crippen LogP contribution is -2.38. The normalized spacial score (nSPS) is 17.8. The summed E-state index contributed by atoms with van der Waals surface area (Å²) in [4.78, 5) is 2.43. The number of rotatable bonds is 10. The van der Waals surface area contributed by atoms with Crippen LogP contribution in [0.4, 0.5) is 0 Å². The molecule has 1 aliphatic rings. The van der Waals surface area contributed by atoms with Gasteiger partial charge in [-0.3, -0.25) is 4.90 Å². The summed E-state index contributed by atoms with van der Waals surface area (Å²) in [5.41, 5.74) is 1.49. The zero-order valence-corrected chi connectivity index (χ0v) is 16.6. The predicted molar refractivity (Wildman–Crippen MR) is 101 cm³/mol. The summed E-state index contributed by atoms with van der Waals surface area (Å²) < 4.78 is 11.5. The van der Waals surface area contributed by atoms with Gasteiger partial charge < -0.3 is 9.47 Å². The third-order valence-corrected chi connectivity index (χ3v) is 4.55. The van der Waals surface area contributed by atoms with Crippen LogP contribution in [0, 0.1) is 5.92 Å². The molecule has 0 aromatic heterocycles. The molecule has 0 spiro atoms. The quantitative estimate of drug-likeness (QED) is 0.532. The van der Waals surface area contributed by atoms with E-state index in [1.165, 1.54) is 24.8 Å². The number of hydrogen-bond donors (Lipinski definition) is 0. The summed E-state index contributed by atoms with van der Waals surface area (Å²) in [7, 11) is 0. The van der Waals surface area contributed by atoms with E-state index >= 15 is 0 Å². The minimum Gasteiger partial charge on any atom is -0.379 e. The highest BCUT2D eigenvalue weighted by atomic mass is 16.5. The molecule has 0 aromatic rings.